The molecule has 5 nitrogen and oxygen atoms in total. The molecule has 1 aromatic carbocycles. The number of hydrazine groups is 1. The fraction of sp³-hybridized carbons (Fsp3) is 0.462. The zero-order valence-corrected chi connectivity index (χ0v) is 12.5. The highest BCUT2D eigenvalue weighted by Crippen LogP contribution is 2.36. The monoisotopic (exact) mass is 313 g/mol. The lowest BCUT2D eigenvalue weighted by molar-refractivity contribution is 0.435. The Bertz CT molecular complexity index is 666. The van der Waals surface area contributed by atoms with Crippen LogP contribution < -0.4 is 10.9 Å². The average molecular weight is 314 g/mol. The van der Waals surface area contributed by atoms with Crippen LogP contribution in [0.4, 0.5) is 5.69 Å². The van der Waals surface area contributed by atoms with Crippen LogP contribution in [-0.4, -0.2) is 14.3 Å². The van der Waals surface area contributed by atoms with E-state index in [1.165, 1.54) is 17.5 Å². The van der Waals surface area contributed by atoms with Crippen LogP contribution in [0.15, 0.2) is 27.5 Å². The van der Waals surface area contributed by atoms with Gasteiger partial charge in [0.25, 0.3) is 10.0 Å². The van der Waals surface area contributed by atoms with E-state index in [0.29, 0.717) is 16.5 Å². The minimum Gasteiger partial charge on any atom is -0.264 e. The third kappa shape index (κ3) is 2.32. The molecule has 0 saturated heterocycles. The van der Waals surface area contributed by atoms with Gasteiger partial charge in [-0.05, 0) is 31.0 Å². The highest BCUT2D eigenvalue weighted by atomic mass is 35.5. The van der Waals surface area contributed by atoms with Gasteiger partial charge in [0.05, 0.1) is 5.69 Å². The maximum atomic E-state index is 12.3. The van der Waals surface area contributed by atoms with E-state index in [1.807, 2.05) is 0 Å². The second kappa shape index (κ2) is 5.02. The number of fused-ring (bicyclic) bond motifs is 1. The Kier molecular flexibility index (Phi) is 3.48. The number of sulfonamides is 1. The summed E-state index contributed by atoms with van der Waals surface area (Å²) >= 11 is 5.86. The second-order valence-corrected chi connectivity index (χ2v) is 7.25. The summed E-state index contributed by atoms with van der Waals surface area (Å²) in [6.07, 6.45) is 5.24. The molecule has 7 heteroatoms. The Balaban J connectivity index is 2.07. The highest BCUT2D eigenvalue weighted by molar-refractivity contribution is 7.90. The molecule has 0 spiro atoms. The van der Waals surface area contributed by atoms with Crippen LogP contribution in [-0.2, 0) is 10.0 Å². The summed E-state index contributed by atoms with van der Waals surface area (Å²) in [5.74, 6) is 6.66. The standard InChI is InChI=1S/C13H16ClN3O2S/c14-10-6-7-11-12(8-10)20(18,19)16-13(17(11)15)9-4-2-1-3-5-9/h6-9H,1-5,15H2. The number of hydrogen-bond acceptors (Lipinski definition) is 4. The normalized spacial score (nSPS) is 22.3. The Morgan fingerprint density at radius 3 is 2.65 bits per heavy atom. The van der Waals surface area contributed by atoms with Crippen LogP contribution in [0.3, 0.4) is 0 Å². The Morgan fingerprint density at radius 1 is 1.25 bits per heavy atom. The molecule has 2 N–H and O–H groups in total. The number of rotatable bonds is 1. The zero-order valence-electron chi connectivity index (χ0n) is 10.9. The summed E-state index contributed by atoms with van der Waals surface area (Å²) < 4.78 is 28.5. The number of halogens is 1. The van der Waals surface area contributed by atoms with E-state index in [1.54, 1.807) is 12.1 Å². The minimum absolute atomic E-state index is 0.0760. The maximum Gasteiger partial charge on any atom is 0.286 e. The first-order valence-corrected chi connectivity index (χ1v) is 8.50. The van der Waals surface area contributed by atoms with Crippen LogP contribution in [0, 0.1) is 5.92 Å². The first-order valence-electron chi connectivity index (χ1n) is 6.68. The molecule has 3 rings (SSSR count). The van der Waals surface area contributed by atoms with E-state index in [9.17, 15) is 8.42 Å². The lowest BCUT2D eigenvalue weighted by atomic mass is 9.88. The number of hydrogen-bond donors (Lipinski definition) is 1. The molecule has 1 aliphatic carbocycles. The van der Waals surface area contributed by atoms with Gasteiger partial charge in [-0.1, -0.05) is 30.9 Å². The molecule has 0 radical (unpaired) electrons. The SMILES string of the molecule is NN1C(C2CCCCC2)=NS(=O)(=O)c2cc(Cl)ccc21. The van der Waals surface area contributed by atoms with Crippen molar-refractivity contribution < 1.29 is 8.42 Å². The summed E-state index contributed by atoms with van der Waals surface area (Å²) in [5, 5.41) is 1.76. The van der Waals surface area contributed by atoms with Crippen LogP contribution in [0.5, 0.6) is 0 Å². The lowest BCUT2D eigenvalue weighted by Gasteiger charge is -2.32. The fourth-order valence-electron chi connectivity index (χ4n) is 2.87. The number of anilines is 1. The van der Waals surface area contributed by atoms with Crippen LogP contribution in [0.25, 0.3) is 0 Å². The van der Waals surface area contributed by atoms with Crippen molar-refractivity contribution in [1.29, 1.82) is 0 Å². The van der Waals surface area contributed by atoms with Crippen molar-refractivity contribution in [2.75, 3.05) is 5.01 Å². The molecule has 1 aromatic rings. The van der Waals surface area contributed by atoms with Gasteiger partial charge in [0.1, 0.15) is 10.7 Å². The van der Waals surface area contributed by atoms with Crippen LogP contribution in [0.2, 0.25) is 5.02 Å². The summed E-state index contributed by atoms with van der Waals surface area (Å²) in [4.78, 5) is 0.0760. The van der Waals surface area contributed by atoms with Gasteiger partial charge >= 0.3 is 0 Å². The van der Waals surface area contributed by atoms with Crippen molar-refractivity contribution in [2.45, 2.75) is 37.0 Å². The number of amidine groups is 1. The Hall–Kier alpha value is -1.11. The van der Waals surface area contributed by atoms with Gasteiger partial charge in [0, 0.05) is 10.9 Å². The third-order valence-electron chi connectivity index (χ3n) is 3.89. The largest absolute Gasteiger partial charge is 0.286 e. The smallest absolute Gasteiger partial charge is 0.264 e. The van der Waals surface area contributed by atoms with E-state index < -0.39 is 10.0 Å². The van der Waals surface area contributed by atoms with Crippen molar-refractivity contribution in [2.24, 2.45) is 16.2 Å². The van der Waals surface area contributed by atoms with E-state index >= 15 is 0 Å². The topological polar surface area (TPSA) is 75.8 Å². The van der Waals surface area contributed by atoms with Gasteiger partial charge in [-0.3, -0.25) is 5.01 Å². The van der Waals surface area contributed by atoms with E-state index in [4.69, 9.17) is 17.4 Å². The molecule has 2 aliphatic rings. The molecule has 1 fully saturated rings. The van der Waals surface area contributed by atoms with Crippen molar-refractivity contribution in [3.63, 3.8) is 0 Å². The zero-order chi connectivity index (χ0) is 14.3. The Morgan fingerprint density at radius 2 is 1.95 bits per heavy atom. The summed E-state index contributed by atoms with van der Waals surface area (Å²) in [6, 6.07) is 4.67. The third-order valence-corrected chi connectivity index (χ3v) is 5.44. The van der Waals surface area contributed by atoms with Gasteiger partial charge in [0.2, 0.25) is 0 Å². The van der Waals surface area contributed by atoms with Crippen molar-refractivity contribution in [3.05, 3.63) is 23.2 Å². The highest BCUT2D eigenvalue weighted by Gasteiger charge is 2.33. The predicted molar refractivity (Wildman–Crippen MR) is 79.3 cm³/mol. The van der Waals surface area contributed by atoms with Crippen molar-refractivity contribution >= 4 is 33.1 Å². The molecular weight excluding hydrogens is 298 g/mol. The van der Waals surface area contributed by atoms with E-state index in [2.05, 4.69) is 4.40 Å². The van der Waals surface area contributed by atoms with Gasteiger partial charge in [-0.15, -0.1) is 4.40 Å². The summed E-state index contributed by atoms with van der Waals surface area (Å²) in [7, 11) is -3.71. The lowest BCUT2D eigenvalue weighted by Crippen LogP contribution is -2.45. The molecule has 0 atom stereocenters. The van der Waals surface area contributed by atoms with Crippen molar-refractivity contribution in [3.8, 4) is 0 Å². The molecule has 0 bridgehead atoms. The average Bonchev–Trinajstić information content (AvgIpc) is 2.44. The van der Waals surface area contributed by atoms with Gasteiger partial charge in [0.15, 0.2) is 0 Å². The molecule has 1 aliphatic heterocycles. The first kappa shape index (κ1) is 13.9. The van der Waals surface area contributed by atoms with Crippen LogP contribution >= 0.6 is 11.6 Å². The summed E-state index contributed by atoms with van der Waals surface area (Å²) in [5.41, 5.74) is 0.449. The first-order chi connectivity index (χ1) is 9.49. The van der Waals surface area contributed by atoms with Gasteiger partial charge in [-0.2, -0.15) is 8.42 Å². The maximum absolute atomic E-state index is 12.3. The Labute approximate surface area is 123 Å². The predicted octanol–water partition coefficient (Wildman–Crippen LogP) is 2.70. The summed E-state index contributed by atoms with van der Waals surface area (Å²) in [6.45, 7) is 0. The fourth-order valence-corrected chi connectivity index (χ4v) is 4.39. The number of benzene rings is 1. The van der Waals surface area contributed by atoms with Gasteiger partial charge in [-0.25, -0.2) is 5.84 Å². The molecule has 108 valence electrons. The molecule has 0 unspecified atom stereocenters. The van der Waals surface area contributed by atoms with Crippen LogP contribution in [0.1, 0.15) is 32.1 Å². The number of nitrogens with zero attached hydrogens (tertiary/aromatic N) is 2. The molecule has 1 heterocycles. The molecule has 20 heavy (non-hydrogen) atoms. The minimum atomic E-state index is -3.71. The van der Waals surface area contributed by atoms with E-state index in [-0.39, 0.29) is 10.8 Å². The second-order valence-electron chi connectivity index (χ2n) is 5.24. The number of nitrogens with two attached hydrogens (primary N) is 1. The quantitative estimate of drug-likeness (QED) is 0.809. The molecule has 0 aromatic heterocycles. The van der Waals surface area contributed by atoms with E-state index in [0.717, 1.165) is 25.7 Å². The molecule has 1 saturated carbocycles. The van der Waals surface area contributed by atoms with Crippen molar-refractivity contribution in [1.82, 2.24) is 0 Å². The van der Waals surface area contributed by atoms with Gasteiger partial charge < -0.3 is 0 Å². The molecular formula is C13H16ClN3O2S. The molecule has 0 amide bonds.